The third-order valence-corrected chi connectivity index (χ3v) is 4.54. The average Bonchev–Trinajstić information content (AvgIpc) is 3.12. The molecule has 0 unspecified atom stereocenters. The lowest BCUT2D eigenvalue weighted by molar-refractivity contribution is 0.0606. The molecule has 2 heterocycles. The normalized spacial score (nSPS) is 12.7. The number of halogens is 1. The van der Waals surface area contributed by atoms with E-state index < -0.39 is 0 Å². The first kappa shape index (κ1) is 14.3. The Kier molecular flexibility index (Phi) is 4.12. The molecule has 7 heteroatoms. The molecule has 1 aromatic carbocycles. The SMILES string of the molecule is COC(=O)c1cnc(NCc2cc(Br)cc3c2OCC3)s1. The van der Waals surface area contributed by atoms with Gasteiger partial charge in [0.05, 0.1) is 19.9 Å². The first-order valence-electron chi connectivity index (χ1n) is 6.39. The summed E-state index contributed by atoms with van der Waals surface area (Å²) in [5.41, 5.74) is 2.29. The lowest BCUT2D eigenvalue weighted by Crippen LogP contribution is -2.01. The van der Waals surface area contributed by atoms with E-state index in [1.54, 1.807) is 0 Å². The zero-order chi connectivity index (χ0) is 14.8. The Balaban J connectivity index is 1.74. The number of benzene rings is 1. The molecule has 1 aliphatic rings. The topological polar surface area (TPSA) is 60.5 Å². The number of carbonyl (C=O) groups is 1. The predicted molar refractivity (Wildman–Crippen MR) is 84.1 cm³/mol. The molecule has 2 aromatic rings. The fourth-order valence-corrected chi connectivity index (χ4v) is 3.48. The number of rotatable bonds is 4. The number of hydrogen-bond donors (Lipinski definition) is 1. The van der Waals surface area contributed by atoms with Gasteiger partial charge in [-0.25, -0.2) is 9.78 Å². The summed E-state index contributed by atoms with van der Waals surface area (Å²) in [4.78, 5) is 16.0. The molecule has 21 heavy (non-hydrogen) atoms. The molecule has 0 radical (unpaired) electrons. The van der Waals surface area contributed by atoms with E-state index in [0.29, 0.717) is 16.6 Å². The van der Waals surface area contributed by atoms with Crippen LogP contribution in [0.3, 0.4) is 0 Å². The Morgan fingerprint density at radius 1 is 1.57 bits per heavy atom. The van der Waals surface area contributed by atoms with Gasteiger partial charge in [0.25, 0.3) is 0 Å². The molecule has 0 aliphatic carbocycles. The van der Waals surface area contributed by atoms with Crippen LogP contribution in [0.1, 0.15) is 20.8 Å². The van der Waals surface area contributed by atoms with Crippen LogP contribution in [-0.2, 0) is 17.7 Å². The molecule has 0 bridgehead atoms. The van der Waals surface area contributed by atoms with E-state index in [-0.39, 0.29) is 5.97 Å². The van der Waals surface area contributed by atoms with Gasteiger partial charge in [0.2, 0.25) is 0 Å². The van der Waals surface area contributed by atoms with Crippen molar-refractivity contribution in [1.82, 2.24) is 4.98 Å². The number of nitrogens with zero attached hydrogens (tertiary/aromatic N) is 1. The predicted octanol–water partition coefficient (Wildman–Crippen LogP) is 3.24. The van der Waals surface area contributed by atoms with Crippen molar-refractivity contribution in [2.24, 2.45) is 0 Å². The summed E-state index contributed by atoms with van der Waals surface area (Å²) in [6.45, 7) is 1.32. The Labute approximate surface area is 134 Å². The molecule has 5 nitrogen and oxygen atoms in total. The maximum atomic E-state index is 11.4. The van der Waals surface area contributed by atoms with Crippen LogP contribution in [0.15, 0.2) is 22.8 Å². The van der Waals surface area contributed by atoms with Crippen LogP contribution in [0, 0.1) is 0 Å². The highest BCUT2D eigenvalue weighted by atomic mass is 79.9. The second-order valence-corrected chi connectivity index (χ2v) is 6.47. The van der Waals surface area contributed by atoms with Gasteiger partial charge in [-0.1, -0.05) is 27.3 Å². The number of hydrogen-bond acceptors (Lipinski definition) is 6. The van der Waals surface area contributed by atoms with Gasteiger partial charge in [-0.3, -0.25) is 0 Å². The zero-order valence-electron chi connectivity index (χ0n) is 11.3. The van der Waals surface area contributed by atoms with Gasteiger partial charge in [0.1, 0.15) is 10.6 Å². The Morgan fingerprint density at radius 3 is 3.24 bits per heavy atom. The summed E-state index contributed by atoms with van der Waals surface area (Å²) < 4.78 is 11.4. The average molecular weight is 369 g/mol. The highest BCUT2D eigenvalue weighted by Crippen LogP contribution is 2.33. The summed E-state index contributed by atoms with van der Waals surface area (Å²) in [7, 11) is 1.36. The minimum absolute atomic E-state index is 0.368. The molecule has 0 saturated carbocycles. The van der Waals surface area contributed by atoms with Gasteiger partial charge in [0.15, 0.2) is 5.13 Å². The largest absolute Gasteiger partial charge is 0.493 e. The van der Waals surface area contributed by atoms with Crippen molar-refractivity contribution in [1.29, 1.82) is 0 Å². The summed E-state index contributed by atoms with van der Waals surface area (Å²) in [6, 6.07) is 4.12. The molecule has 0 saturated heterocycles. The molecule has 0 amide bonds. The Morgan fingerprint density at radius 2 is 2.43 bits per heavy atom. The number of carbonyl (C=O) groups excluding carboxylic acids is 1. The minimum Gasteiger partial charge on any atom is -0.493 e. The highest BCUT2D eigenvalue weighted by Gasteiger charge is 2.18. The van der Waals surface area contributed by atoms with Crippen molar-refractivity contribution in [3.8, 4) is 5.75 Å². The molecule has 0 atom stereocenters. The van der Waals surface area contributed by atoms with Crippen LogP contribution >= 0.6 is 27.3 Å². The molecule has 3 rings (SSSR count). The summed E-state index contributed by atoms with van der Waals surface area (Å²) in [5.74, 6) is 0.586. The van der Waals surface area contributed by atoms with Crippen molar-refractivity contribution in [2.75, 3.05) is 19.0 Å². The van der Waals surface area contributed by atoms with Crippen LogP contribution in [0.25, 0.3) is 0 Å². The number of methoxy groups -OCH3 is 1. The van der Waals surface area contributed by atoms with E-state index in [4.69, 9.17) is 4.74 Å². The fourth-order valence-electron chi connectivity index (χ4n) is 2.20. The summed E-state index contributed by atoms with van der Waals surface area (Å²) in [5, 5.41) is 3.90. The van der Waals surface area contributed by atoms with E-state index in [0.717, 1.165) is 28.8 Å². The number of anilines is 1. The molecule has 110 valence electrons. The maximum Gasteiger partial charge on any atom is 0.349 e. The second kappa shape index (κ2) is 6.03. The van der Waals surface area contributed by atoms with Gasteiger partial charge in [0, 0.05) is 23.0 Å². The minimum atomic E-state index is -0.368. The zero-order valence-corrected chi connectivity index (χ0v) is 13.7. The van der Waals surface area contributed by atoms with Crippen LogP contribution < -0.4 is 10.1 Å². The third kappa shape index (κ3) is 3.03. The van der Waals surface area contributed by atoms with Crippen molar-refractivity contribution < 1.29 is 14.3 Å². The Bertz CT molecular complexity index is 687. The van der Waals surface area contributed by atoms with Crippen LogP contribution in [0.4, 0.5) is 5.13 Å². The van der Waals surface area contributed by atoms with Crippen molar-refractivity contribution in [2.45, 2.75) is 13.0 Å². The van der Waals surface area contributed by atoms with E-state index in [1.807, 2.05) is 6.07 Å². The van der Waals surface area contributed by atoms with Gasteiger partial charge in [-0.2, -0.15) is 0 Å². The van der Waals surface area contributed by atoms with Gasteiger partial charge in [-0.15, -0.1) is 0 Å². The number of nitrogens with one attached hydrogen (secondary N) is 1. The second-order valence-electron chi connectivity index (χ2n) is 4.53. The molecule has 1 aromatic heterocycles. The molecule has 0 spiro atoms. The van der Waals surface area contributed by atoms with E-state index in [1.165, 1.54) is 30.2 Å². The lowest BCUT2D eigenvalue weighted by Gasteiger charge is -2.09. The van der Waals surface area contributed by atoms with Crippen LogP contribution in [0.2, 0.25) is 0 Å². The van der Waals surface area contributed by atoms with Crippen molar-refractivity contribution in [3.63, 3.8) is 0 Å². The third-order valence-electron chi connectivity index (χ3n) is 3.15. The van der Waals surface area contributed by atoms with Crippen molar-refractivity contribution >= 4 is 38.4 Å². The van der Waals surface area contributed by atoms with Crippen molar-refractivity contribution in [3.05, 3.63) is 38.8 Å². The molecular formula is C14H13BrN2O3S. The van der Waals surface area contributed by atoms with E-state index >= 15 is 0 Å². The molecule has 1 N–H and O–H groups in total. The first-order valence-corrected chi connectivity index (χ1v) is 8.00. The number of ether oxygens (including phenoxy) is 2. The van der Waals surface area contributed by atoms with Gasteiger partial charge in [-0.05, 0) is 17.7 Å². The number of thiazole rings is 1. The molecule has 0 fully saturated rings. The fraction of sp³-hybridized carbons (Fsp3) is 0.286. The highest BCUT2D eigenvalue weighted by molar-refractivity contribution is 9.10. The monoisotopic (exact) mass is 368 g/mol. The molecule has 1 aliphatic heterocycles. The Hall–Kier alpha value is -1.60. The number of fused-ring (bicyclic) bond motifs is 1. The van der Waals surface area contributed by atoms with Gasteiger partial charge < -0.3 is 14.8 Å². The quantitative estimate of drug-likeness (QED) is 0.839. The smallest absolute Gasteiger partial charge is 0.349 e. The summed E-state index contributed by atoms with van der Waals surface area (Å²) in [6.07, 6.45) is 2.45. The molecular weight excluding hydrogens is 356 g/mol. The van der Waals surface area contributed by atoms with Gasteiger partial charge >= 0.3 is 5.97 Å². The number of aromatic nitrogens is 1. The first-order chi connectivity index (χ1) is 10.2. The van der Waals surface area contributed by atoms with E-state index in [9.17, 15) is 4.79 Å². The number of esters is 1. The van der Waals surface area contributed by atoms with Crippen LogP contribution in [0.5, 0.6) is 5.75 Å². The van der Waals surface area contributed by atoms with E-state index in [2.05, 4.69) is 37.0 Å². The van der Waals surface area contributed by atoms with Crippen LogP contribution in [-0.4, -0.2) is 24.7 Å². The lowest BCUT2D eigenvalue weighted by atomic mass is 10.1. The maximum absolute atomic E-state index is 11.4. The standard InChI is InChI=1S/C14H13BrN2O3S/c1-19-13(18)11-7-17-14(21-11)16-6-9-5-10(15)4-8-2-3-20-12(8)9/h4-5,7H,2-3,6H2,1H3,(H,16,17). The summed E-state index contributed by atoms with van der Waals surface area (Å²) >= 11 is 4.79.